The zero-order valence-corrected chi connectivity index (χ0v) is 22.3. The lowest BCUT2D eigenvalue weighted by Gasteiger charge is -2.24. The number of benzene rings is 1. The zero-order valence-electron chi connectivity index (χ0n) is 19.1. The van der Waals surface area contributed by atoms with Crippen molar-refractivity contribution in [2.24, 2.45) is 0 Å². The van der Waals surface area contributed by atoms with Gasteiger partial charge < -0.3 is 29.5 Å². The Morgan fingerprint density at radius 3 is 2.62 bits per heavy atom. The Balaban J connectivity index is 1.69. The molecule has 1 aromatic carbocycles. The summed E-state index contributed by atoms with van der Waals surface area (Å²) in [5.41, 5.74) is 1.16. The number of hydrogen-bond acceptors (Lipinski definition) is 6. The Morgan fingerprint density at radius 1 is 1.26 bits per heavy atom. The lowest BCUT2D eigenvalue weighted by molar-refractivity contribution is 0.0509. The molecule has 12 heteroatoms. The van der Waals surface area contributed by atoms with Crippen LogP contribution in [0.3, 0.4) is 0 Å². The van der Waals surface area contributed by atoms with Gasteiger partial charge in [0.15, 0.2) is 0 Å². The first-order chi connectivity index (χ1) is 16.0. The van der Waals surface area contributed by atoms with Crippen LogP contribution in [0.15, 0.2) is 15.0 Å². The van der Waals surface area contributed by atoms with Crippen LogP contribution in [0, 0.1) is 11.3 Å². The Kier molecular flexibility index (Phi) is 6.70. The lowest BCUT2D eigenvalue weighted by atomic mass is 10.2. The lowest BCUT2D eigenvalue weighted by Crippen LogP contribution is -2.40. The maximum absolute atomic E-state index is 12.3. The van der Waals surface area contributed by atoms with Crippen LogP contribution in [0.1, 0.15) is 45.2 Å². The van der Waals surface area contributed by atoms with Gasteiger partial charge >= 0.3 is 12.2 Å². The van der Waals surface area contributed by atoms with Crippen molar-refractivity contribution in [3.05, 3.63) is 20.6 Å². The second-order valence-corrected chi connectivity index (χ2v) is 11.2. The Morgan fingerprint density at radius 2 is 2.00 bits per heavy atom. The first-order valence-corrected chi connectivity index (χ1v) is 12.6. The number of anilines is 1. The van der Waals surface area contributed by atoms with Gasteiger partial charge in [-0.2, -0.15) is 5.26 Å². The highest BCUT2D eigenvalue weighted by molar-refractivity contribution is 9.13. The maximum atomic E-state index is 12.3. The fourth-order valence-corrected chi connectivity index (χ4v) is 5.31. The summed E-state index contributed by atoms with van der Waals surface area (Å²) in [6.07, 6.45) is -0.0426. The molecular formula is C22H26Br2N6O4. The third-order valence-electron chi connectivity index (χ3n) is 5.96. The number of nitriles is 1. The van der Waals surface area contributed by atoms with E-state index in [9.17, 15) is 20.0 Å². The van der Waals surface area contributed by atoms with Gasteiger partial charge in [0.1, 0.15) is 17.2 Å². The van der Waals surface area contributed by atoms with Crippen LogP contribution in [0.5, 0.6) is 0 Å². The molecule has 34 heavy (non-hydrogen) atoms. The number of carboxylic acid groups (broad SMARTS) is 1. The Hall–Kier alpha value is -2.52. The molecule has 2 fully saturated rings. The number of nitrogens with zero attached hydrogens (tertiary/aromatic N) is 5. The van der Waals surface area contributed by atoms with Crippen LogP contribution in [0.4, 0.5) is 15.5 Å². The molecule has 0 unspecified atom stereocenters. The van der Waals surface area contributed by atoms with Crippen molar-refractivity contribution in [1.82, 2.24) is 19.8 Å². The van der Waals surface area contributed by atoms with E-state index < -0.39 is 17.8 Å². The minimum absolute atomic E-state index is 0.115. The number of imidazole rings is 1. The third kappa shape index (κ3) is 4.81. The number of likely N-dealkylation sites (tertiary alicyclic amines) is 1. The number of nitrogens with one attached hydrogen (secondary N) is 1. The summed E-state index contributed by atoms with van der Waals surface area (Å²) in [5, 5.41) is 22.2. The van der Waals surface area contributed by atoms with Crippen molar-refractivity contribution in [2.45, 2.75) is 51.3 Å². The summed E-state index contributed by atoms with van der Waals surface area (Å²) < 4.78 is 8.79. The number of rotatable bonds is 3. The van der Waals surface area contributed by atoms with E-state index in [2.05, 4.69) is 48.1 Å². The smallest absolute Gasteiger partial charge is 0.407 e. The highest BCUT2D eigenvalue weighted by Gasteiger charge is 2.35. The molecule has 0 aliphatic carbocycles. The predicted octanol–water partition coefficient (Wildman–Crippen LogP) is 4.46. The fourth-order valence-electron chi connectivity index (χ4n) is 4.51. The van der Waals surface area contributed by atoms with Gasteiger partial charge in [0.2, 0.25) is 5.95 Å². The molecule has 182 valence electrons. The first-order valence-electron chi connectivity index (χ1n) is 11.0. The second kappa shape index (κ2) is 9.26. The van der Waals surface area contributed by atoms with E-state index in [1.165, 1.54) is 4.90 Å². The number of halogens is 2. The molecule has 2 N–H and O–H groups in total. The monoisotopic (exact) mass is 596 g/mol. The molecular weight excluding hydrogens is 572 g/mol. The third-order valence-corrected chi connectivity index (χ3v) is 7.94. The van der Waals surface area contributed by atoms with Crippen molar-refractivity contribution < 1.29 is 19.4 Å². The minimum Gasteiger partial charge on any atom is -0.465 e. The van der Waals surface area contributed by atoms with E-state index in [1.54, 1.807) is 0 Å². The van der Waals surface area contributed by atoms with Gasteiger partial charge in [0, 0.05) is 30.7 Å². The summed E-state index contributed by atoms with van der Waals surface area (Å²) in [6.45, 7) is 7.43. The molecule has 2 aliphatic rings. The van der Waals surface area contributed by atoms with E-state index in [0.717, 1.165) is 9.99 Å². The highest BCUT2D eigenvalue weighted by Crippen LogP contribution is 2.39. The van der Waals surface area contributed by atoms with E-state index in [0.29, 0.717) is 60.5 Å². The zero-order chi connectivity index (χ0) is 24.8. The second-order valence-electron chi connectivity index (χ2n) is 9.56. The van der Waals surface area contributed by atoms with Gasteiger partial charge in [-0.1, -0.05) is 0 Å². The largest absolute Gasteiger partial charge is 0.465 e. The molecule has 2 amide bonds. The summed E-state index contributed by atoms with van der Waals surface area (Å²) in [6, 6.07) is 3.91. The molecule has 2 aliphatic heterocycles. The molecule has 4 rings (SSSR count). The number of ether oxygens (including phenoxy) is 1. The Labute approximate surface area is 214 Å². The van der Waals surface area contributed by atoms with Gasteiger partial charge in [-0.25, -0.2) is 14.6 Å². The molecule has 3 heterocycles. The average Bonchev–Trinajstić information content (AvgIpc) is 3.45. The van der Waals surface area contributed by atoms with E-state index in [4.69, 9.17) is 9.72 Å². The molecule has 2 aromatic rings. The number of carbonyl (C=O) groups is 2. The number of hydrogen-bond donors (Lipinski definition) is 2. The summed E-state index contributed by atoms with van der Waals surface area (Å²) in [4.78, 5) is 32.1. The van der Waals surface area contributed by atoms with Crippen LogP contribution in [-0.2, 0) is 4.74 Å². The number of fused-ring (bicyclic) bond motifs is 1. The van der Waals surface area contributed by atoms with Crippen molar-refractivity contribution in [3.63, 3.8) is 0 Å². The molecule has 0 spiro atoms. The van der Waals surface area contributed by atoms with Crippen LogP contribution in [-0.4, -0.2) is 69.6 Å². The van der Waals surface area contributed by atoms with Gasteiger partial charge in [-0.05, 0) is 71.5 Å². The molecule has 2 atom stereocenters. The van der Waals surface area contributed by atoms with Crippen LogP contribution in [0.2, 0.25) is 0 Å². The molecule has 0 saturated carbocycles. The van der Waals surface area contributed by atoms with Crippen molar-refractivity contribution in [1.29, 1.82) is 5.26 Å². The quantitative estimate of drug-likeness (QED) is 0.535. The SMILES string of the molecule is CC(C)(C)OC(=O)N[C@@H]1CCN(c2nc3c(C#N)c(Br)c(Br)cc3n2[C@H]2CCN(C(=O)O)C2)C1. The maximum Gasteiger partial charge on any atom is 0.407 e. The Bertz CT molecular complexity index is 1180. The molecule has 2 saturated heterocycles. The predicted molar refractivity (Wildman–Crippen MR) is 133 cm³/mol. The van der Waals surface area contributed by atoms with Gasteiger partial charge in [0.05, 0.1) is 27.6 Å². The topological polar surface area (TPSA) is 124 Å². The number of carbonyl (C=O) groups excluding carboxylic acids is 1. The minimum atomic E-state index is -0.946. The molecule has 10 nitrogen and oxygen atoms in total. The van der Waals surface area contributed by atoms with Crippen molar-refractivity contribution in [2.75, 3.05) is 31.1 Å². The van der Waals surface area contributed by atoms with E-state index in [-0.39, 0.29) is 12.1 Å². The van der Waals surface area contributed by atoms with Crippen LogP contribution in [0.25, 0.3) is 11.0 Å². The first kappa shape index (κ1) is 24.6. The molecule has 1 aromatic heterocycles. The number of aromatic nitrogens is 2. The van der Waals surface area contributed by atoms with Crippen LogP contribution < -0.4 is 10.2 Å². The summed E-state index contributed by atoms with van der Waals surface area (Å²) in [5.74, 6) is 0.669. The highest BCUT2D eigenvalue weighted by atomic mass is 79.9. The number of alkyl carbamates (subject to hydrolysis) is 1. The average molecular weight is 598 g/mol. The van der Waals surface area contributed by atoms with Crippen molar-refractivity contribution in [3.8, 4) is 6.07 Å². The normalized spacial score (nSPS) is 20.6. The summed E-state index contributed by atoms with van der Waals surface area (Å²) in [7, 11) is 0. The van der Waals surface area contributed by atoms with E-state index >= 15 is 0 Å². The molecule has 0 bridgehead atoms. The summed E-state index contributed by atoms with van der Waals surface area (Å²) >= 11 is 6.99. The van der Waals surface area contributed by atoms with Crippen molar-refractivity contribution >= 4 is 61.0 Å². The molecule has 0 radical (unpaired) electrons. The van der Waals surface area contributed by atoms with Gasteiger partial charge in [0.25, 0.3) is 0 Å². The number of amides is 2. The fraction of sp³-hybridized carbons (Fsp3) is 0.545. The van der Waals surface area contributed by atoms with E-state index in [1.807, 2.05) is 31.4 Å². The van der Waals surface area contributed by atoms with Crippen LogP contribution >= 0.6 is 31.9 Å². The van der Waals surface area contributed by atoms with Gasteiger partial charge in [-0.3, -0.25) is 0 Å². The standard InChI is InChI=1S/C22H26Br2N6O4/c1-22(2,3)34-20(31)26-12-4-6-28(10-12)19-27-18-14(9-25)17(24)15(23)8-16(18)30(19)13-5-7-29(11-13)21(32)33/h8,12-13H,4-7,10-11H2,1-3H3,(H,26,31)(H,32,33)/t12-,13+/m1/s1. The van der Waals surface area contributed by atoms with Gasteiger partial charge in [-0.15, -0.1) is 0 Å².